The van der Waals surface area contributed by atoms with Crippen LogP contribution in [0, 0.1) is 0 Å². The first-order valence-electron chi connectivity index (χ1n) is 20.2. The quantitative estimate of drug-likeness (QED) is 0.169. The Balaban J connectivity index is 1.01. The molecule has 280 valence electrons. The molecule has 0 bridgehead atoms. The first-order valence-corrected chi connectivity index (χ1v) is 20.2. The zero-order chi connectivity index (χ0) is 39.6. The van der Waals surface area contributed by atoms with E-state index in [0.717, 1.165) is 116 Å². The van der Waals surface area contributed by atoms with E-state index in [1.807, 2.05) is 48.5 Å². The summed E-state index contributed by atoms with van der Waals surface area (Å²) in [6, 6.07) is 72.0. The molecule has 3 heterocycles. The van der Waals surface area contributed by atoms with Gasteiger partial charge in [0.25, 0.3) is 0 Å². The summed E-state index contributed by atoms with van der Waals surface area (Å²) in [6.45, 7) is 0. The number of hydrogen-bond donors (Lipinski definition) is 0. The van der Waals surface area contributed by atoms with Crippen molar-refractivity contribution in [2.45, 2.75) is 0 Å². The van der Waals surface area contributed by atoms with Gasteiger partial charge < -0.3 is 8.83 Å². The monoisotopic (exact) mass is 766 g/mol. The van der Waals surface area contributed by atoms with Crippen LogP contribution in [0.15, 0.2) is 215 Å². The maximum atomic E-state index is 6.77. The highest BCUT2D eigenvalue weighted by Crippen LogP contribution is 2.45. The molecule has 0 spiro atoms. The van der Waals surface area contributed by atoms with Crippen LogP contribution in [-0.2, 0) is 0 Å². The van der Waals surface area contributed by atoms with Gasteiger partial charge in [-0.15, -0.1) is 0 Å². The Kier molecular flexibility index (Phi) is 7.82. The fraction of sp³-hybridized carbons (Fsp3) is 0. The van der Waals surface area contributed by atoms with Crippen molar-refractivity contribution in [2.75, 3.05) is 0 Å². The summed E-state index contributed by atoms with van der Waals surface area (Å²) in [5, 5.41) is 6.58. The van der Waals surface area contributed by atoms with E-state index in [1.165, 1.54) is 0 Å². The van der Waals surface area contributed by atoms with Crippen molar-refractivity contribution in [2.24, 2.45) is 0 Å². The van der Waals surface area contributed by atoms with Gasteiger partial charge in [-0.2, -0.15) is 0 Å². The van der Waals surface area contributed by atoms with Crippen LogP contribution >= 0.6 is 0 Å². The summed E-state index contributed by atoms with van der Waals surface area (Å²) in [6.07, 6.45) is 0. The number of benzene rings is 9. The molecule has 0 saturated heterocycles. The number of aromatic nitrogens is 2. The minimum absolute atomic E-state index is 0.700. The zero-order valence-electron chi connectivity index (χ0n) is 32.3. The molecule has 0 aliphatic rings. The molecule has 0 aliphatic carbocycles. The molecule has 0 N–H and O–H groups in total. The number of furan rings is 2. The Bertz CT molecular complexity index is 3540. The molecule has 12 aromatic rings. The van der Waals surface area contributed by atoms with E-state index < -0.39 is 0 Å². The lowest BCUT2D eigenvalue weighted by molar-refractivity contribution is 0.670. The van der Waals surface area contributed by atoms with Crippen LogP contribution in [0.3, 0.4) is 0 Å². The first-order chi connectivity index (χ1) is 29.7. The van der Waals surface area contributed by atoms with Crippen molar-refractivity contribution in [3.05, 3.63) is 206 Å². The molecule has 4 nitrogen and oxygen atoms in total. The second kappa shape index (κ2) is 13.8. The van der Waals surface area contributed by atoms with Crippen molar-refractivity contribution in [3.8, 4) is 67.3 Å². The molecule has 4 heteroatoms. The third-order valence-electron chi connectivity index (χ3n) is 11.7. The van der Waals surface area contributed by atoms with E-state index in [4.69, 9.17) is 18.8 Å². The van der Waals surface area contributed by atoms with Crippen molar-refractivity contribution in [3.63, 3.8) is 0 Å². The van der Waals surface area contributed by atoms with Gasteiger partial charge in [0, 0.05) is 49.2 Å². The van der Waals surface area contributed by atoms with Crippen molar-refractivity contribution in [1.29, 1.82) is 0 Å². The largest absolute Gasteiger partial charge is 0.455 e. The zero-order valence-corrected chi connectivity index (χ0v) is 32.3. The highest BCUT2D eigenvalue weighted by Gasteiger charge is 2.21. The second-order valence-electron chi connectivity index (χ2n) is 15.3. The van der Waals surface area contributed by atoms with E-state index in [1.54, 1.807) is 0 Å². The van der Waals surface area contributed by atoms with Gasteiger partial charge in [0.1, 0.15) is 22.3 Å². The van der Waals surface area contributed by atoms with Crippen molar-refractivity contribution in [1.82, 2.24) is 9.97 Å². The number of nitrogens with zero attached hydrogens (tertiary/aromatic N) is 2. The van der Waals surface area contributed by atoms with Crippen LogP contribution in [0.25, 0.3) is 122 Å². The van der Waals surface area contributed by atoms with Gasteiger partial charge >= 0.3 is 0 Å². The molecule has 0 radical (unpaired) electrons. The van der Waals surface area contributed by atoms with E-state index in [2.05, 4.69) is 158 Å². The van der Waals surface area contributed by atoms with Gasteiger partial charge in [-0.3, -0.25) is 0 Å². The number of rotatable bonds is 6. The molecule has 0 amide bonds. The third kappa shape index (κ3) is 5.61. The second-order valence-corrected chi connectivity index (χ2v) is 15.3. The van der Waals surface area contributed by atoms with E-state index in [9.17, 15) is 0 Å². The average Bonchev–Trinajstić information content (AvgIpc) is 3.91. The maximum absolute atomic E-state index is 6.77. The van der Waals surface area contributed by atoms with Crippen LogP contribution in [0.4, 0.5) is 0 Å². The van der Waals surface area contributed by atoms with Crippen LogP contribution in [-0.4, -0.2) is 9.97 Å². The van der Waals surface area contributed by atoms with Gasteiger partial charge in [0.15, 0.2) is 5.82 Å². The fourth-order valence-corrected chi connectivity index (χ4v) is 8.86. The summed E-state index contributed by atoms with van der Waals surface area (Å²) in [4.78, 5) is 10.1. The molecule has 0 atom stereocenters. The lowest BCUT2D eigenvalue weighted by Crippen LogP contribution is -1.96. The topological polar surface area (TPSA) is 52.1 Å². The summed E-state index contributed by atoms with van der Waals surface area (Å²) >= 11 is 0. The summed E-state index contributed by atoms with van der Waals surface area (Å²) in [7, 11) is 0. The summed E-state index contributed by atoms with van der Waals surface area (Å²) < 4.78 is 13.3. The maximum Gasteiger partial charge on any atom is 0.160 e. The normalized spacial score (nSPS) is 11.7. The predicted molar refractivity (Wildman–Crippen MR) is 247 cm³/mol. The summed E-state index contributed by atoms with van der Waals surface area (Å²) in [5.74, 6) is 0.700. The third-order valence-corrected chi connectivity index (χ3v) is 11.7. The minimum atomic E-state index is 0.700. The van der Waals surface area contributed by atoms with Gasteiger partial charge in [0.2, 0.25) is 0 Å². The first kappa shape index (κ1) is 34.0. The predicted octanol–water partition coefficient (Wildman–Crippen LogP) is 15.4. The van der Waals surface area contributed by atoms with E-state index in [0.29, 0.717) is 5.82 Å². The SMILES string of the molecule is c1ccc(-c2cc(-c3cccc(-c4cccc(-c5cc6c(oc7cccc(-c8cccc9c8oc8ccccc89)c76)c6ccccc56)c4)c3)nc(-c3ccccc3)n2)cc1. The van der Waals surface area contributed by atoms with E-state index >= 15 is 0 Å². The standard InChI is InChI=1S/C56H34N2O2/c1-3-15-35(16-4-1)49-34-50(58-56(57-49)36-17-5-2-6-18-36)40-22-12-20-38(32-40)37-19-11-21-39(31-37)47-33-48-53-43(26-14-30-52(53)60-55(48)44-25-8-7-23-41(44)47)46-28-13-27-45-42-24-9-10-29-51(42)59-54(45)46/h1-34H. The smallest absolute Gasteiger partial charge is 0.160 e. The highest BCUT2D eigenvalue weighted by molar-refractivity contribution is 6.23. The molecule has 3 aromatic heterocycles. The van der Waals surface area contributed by atoms with Crippen LogP contribution in [0.2, 0.25) is 0 Å². The number of para-hydroxylation sites is 2. The van der Waals surface area contributed by atoms with Crippen LogP contribution in [0.1, 0.15) is 0 Å². The molecule has 0 fully saturated rings. The van der Waals surface area contributed by atoms with Crippen LogP contribution < -0.4 is 0 Å². The van der Waals surface area contributed by atoms with Gasteiger partial charge in [-0.05, 0) is 69.6 Å². The van der Waals surface area contributed by atoms with E-state index in [-0.39, 0.29) is 0 Å². The lowest BCUT2D eigenvalue weighted by Gasteiger charge is -2.12. The lowest BCUT2D eigenvalue weighted by atomic mass is 9.91. The fourth-order valence-electron chi connectivity index (χ4n) is 8.86. The Labute approximate surface area is 345 Å². The molecule has 0 saturated carbocycles. The molecule has 12 rings (SSSR count). The molecular formula is C56H34N2O2. The van der Waals surface area contributed by atoms with Gasteiger partial charge in [0.05, 0.1) is 11.4 Å². The Morgan fingerprint density at radius 3 is 1.60 bits per heavy atom. The molecule has 9 aromatic carbocycles. The van der Waals surface area contributed by atoms with Crippen molar-refractivity contribution < 1.29 is 8.83 Å². The Morgan fingerprint density at radius 1 is 0.283 bits per heavy atom. The van der Waals surface area contributed by atoms with Gasteiger partial charge in [-0.1, -0.05) is 170 Å². The molecule has 0 unspecified atom stereocenters. The summed E-state index contributed by atoms with van der Waals surface area (Å²) in [5.41, 5.74) is 14.9. The average molecular weight is 767 g/mol. The van der Waals surface area contributed by atoms with Gasteiger partial charge in [-0.25, -0.2) is 9.97 Å². The minimum Gasteiger partial charge on any atom is -0.455 e. The Morgan fingerprint density at radius 2 is 0.800 bits per heavy atom. The van der Waals surface area contributed by atoms with Crippen LogP contribution in [0.5, 0.6) is 0 Å². The molecule has 0 aliphatic heterocycles. The number of hydrogen-bond acceptors (Lipinski definition) is 4. The molecular weight excluding hydrogens is 733 g/mol. The Hall–Kier alpha value is -8.08. The molecule has 60 heavy (non-hydrogen) atoms. The number of fused-ring (bicyclic) bond motifs is 8. The highest BCUT2D eigenvalue weighted by atomic mass is 16.3. The van der Waals surface area contributed by atoms with Crippen molar-refractivity contribution >= 4 is 54.6 Å².